The Kier molecular flexibility index (Phi) is 6.44. The Morgan fingerprint density at radius 3 is 2.68 bits per heavy atom. The fourth-order valence-corrected chi connectivity index (χ4v) is 4.39. The van der Waals surface area contributed by atoms with Crippen molar-refractivity contribution >= 4 is 62.2 Å². The Hall–Kier alpha value is -1.48. The summed E-state index contributed by atoms with van der Waals surface area (Å²) >= 11 is 13.1. The third-order valence-corrected chi connectivity index (χ3v) is 6.33. The number of nitrogens with one attached hydrogen (secondary N) is 1. The van der Waals surface area contributed by atoms with Crippen LogP contribution in [0.2, 0.25) is 5.02 Å². The number of amides is 1. The molecule has 1 aromatic carbocycles. The number of rotatable bonds is 4. The minimum absolute atomic E-state index is 0.105. The van der Waals surface area contributed by atoms with Gasteiger partial charge in [0.05, 0.1) is 27.0 Å². The van der Waals surface area contributed by atoms with Crippen LogP contribution in [0.4, 0.5) is 5.69 Å². The van der Waals surface area contributed by atoms with E-state index in [4.69, 9.17) is 11.6 Å². The number of halogens is 2. The van der Waals surface area contributed by atoms with Crippen LogP contribution in [0.25, 0.3) is 21.8 Å². The average molecular weight is 498 g/mol. The molecule has 1 N–H and O–H groups in total. The number of benzene rings is 1. The summed E-state index contributed by atoms with van der Waals surface area (Å²) in [5.41, 5.74) is 2.25. The van der Waals surface area contributed by atoms with E-state index in [9.17, 15) is 4.79 Å². The molecule has 146 valence electrons. The number of hydrogen-bond acceptors (Lipinski definition) is 6. The molecule has 5 nitrogen and oxygen atoms in total. The van der Waals surface area contributed by atoms with E-state index >= 15 is 0 Å². The van der Waals surface area contributed by atoms with Crippen LogP contribution >= 0.6 is 50.6 Å². The number of hydrogen-bond donors (Lipinski definition) is 1. The van der Waals surface area contributed by atoms with Crippen molar-refractivity contribution in [3.05, 3.63) is 39.4 Å². The van der Waals surface area contributed by atoms with Gasteiger partial charge >= 0.3 is 0 Å². The molecule has 9 heteroatoms. The van der Waals surface area contributed by atoms with E-state index in [-0.39, 0.29) is 5.91 Å². The van der Waals surface area contributed by atoms with Crippen molar-refractivity contribution in [1.29, 1.82) is 0 Å². The molecular formula is C19H18BrClN4OS2. The highest BCUT2D eigenvalue weighted by Gasteiger charge is 2.24. The van der Waals surface area contributed by atoms with E-state index in [1.54, 1.807) is 12.3 Å². The van der Waals surface area contributed by atoms with Gasteiger partial charge in [0.1, 0.15) is 0 Å². The second-order valence-corrected chi connectivity index (χ2v) is 10.4. The molecule has 3 rings (SSSR count). The predicted molar refractivity (Wildman–Crippen MR) is 121 cm³/mol. The van der Waals surface area contributed by atoms with Gasteiger partial charge in [-0.25, -0.2) is 15.0 Å². The first-order valence-corrected chi connectivity index (χ1v) is 11.6. The summed E-state index contributed by atoms with van der Waals surface area (Å²) in [6.07, 6.45) is 3.66. The third kappa shape index (κ3) is 4.56. The van der Waals surface area contributed by atoms with Gasteiger partial charge in [0.15, 0.2) is 9.07 Å². The van der Waals surface area contributed by atoms with E-state index in [0.29, 0.717) is 21.6 Å². The summed E-state index contributed by atoms with van der Waals surface area (Å²) < 4.78 is 0.724. The number of carbonyl (C=O) groups is 1. The molecule has 2 aromatic heterocycles. The Labute approximate surface area is 185 Å². The average Bonchev–Trinajstić information content (AvgIpc) is 3.04. The lowest BCUT2D eigenvalue weighted by atomic mass is 9.95. The SMILES string of the molecule is CSc1nccc(-c2sc(Br)nc2-c2cccc(NC(=O)C(C)(C)C)c2Cl)n1. The number of aromatic nitrogens is 3. The van der Waals surface area contributed by atoms with E-state index in [2.05, 4.69) is 36.2 Å². The molecule has 0 fully saturated rings. The number of nitrogens with zero attached hydrogens (tertiary/aromatic N) is 3. The van der Waals surface area contributed by atoms with Crippen LogP contribution < -0.4 is 5.32 Å². The van der Waals surface area contributed by atoms with Crippen molar-refractivity contribution in [2.75, 3.05) is 11.6 Å². The van der Waals surface area contributed by atoms with Crippen LogP contribution in [0.15, 0.2) is 39.5 Å². The van der Waals surface area contributed by atoms with Gasteiger partial charge in [-0.2, -0.15) is 0 Å². The lowest BCUT2D eigenvalue weighted by Gasteiger charge is -2.19. The molecule has 0 aliphatic heterocycles. The molecule has 0 unspecified atom stereocenters. The zero-order valence-corrected chi connectivity index (χ0v) is 19.7. The normalized spacial score (nSPS) is 11.5. The Morgan fingerprint density at radius 1 is 1.25 bits per heavy atom. The highest BCUT2D eigenvalue weighted by atomic mass is 79.9. The zero-order valence-electron chi connectivity index (χ0n) is 15.7. The summed E-state index contributed by atoms with van der Waals surface area (Å²) in [4.78, 5) is 26.7. The molecule has 0 aliphatic rings. The quantitative estimate of drug-likeness (QED) is 0.334. The second-order valence-electron chi connectivity index (χ2n) is 6.94. The Balaban J connectivity index is 2.08. The fraction of sp³-hybridized carbons (Fsp3) is 0.263. The minimum atomic E-state index is -0.524. The van der Waals surface area contributed by atoms with Gasteiger partial charge in [-0.1, -0.05) is 56.3 Å². The van der Waals surface area contributed by atoms with Gasteiger partial charge in [-0.3, -0.25) is 4.79 Å². The smallest absolute Gasteiger partial charge is 0.229 e. The van der Waals surface area contributed by atoms with Crippen LogP contribution in [-0.2, 0) is 4.79 Å². The van der Waals surface area contributed by atoms with Crippen LogP contribution in [0, 0.1) is 5.41 Å². The molecule has 0 saturated carbocycles. The van der Waals surface area contributed by atoms with E-state index in [1.807, 2.05) is 45.2 Å². The Bertz CT molecular complexity index is 1030. The Morgan fingerprint density at radius 2 is 2.00 bits per heavy atom. The third-order valence-electron chi connectivity index (χ3n) is 3.83. The molecule has 2 heterocycles. The molecule has 0 saturated heterocycles. The summed E-state index contributed by atoms with van der Waals surface area (Å²) in [7, 11) is 0. The van der Waals surface area contributed by atoms with E-state index in [0.717, 1.165) is 20.1 Å². The zero-order chi connectivity index (χ0) is 20.5. The first-order valence-electron chi connectivity index (χ1n) is 8.34. The lowest BCUT2D eigenvalue weighted by Crippen LogP contribution is -2.27. The first kappa shape index (κ1) is 21.2. The van der Waals surface area contributed by atoms with E-state index in [1.165, 1.54) is 23.1 Å². The number of carbonyl (C=O) groups excluding carboxylic acids is 1. The van der Waals surface area contributed by atoms with Gasteiger partial charge in [-0.05, 0) is 34.3 Å². The van der Waals surface area contributed by atoms with E-state index < -0.39 is 5.41 Å². The second kappa shape index (κ2) is 8.49. The lowest BCUT2D eigenvalue weighted by molar-refractivity contribution is -0.123. The molecule has 0 spiro atoms. The van der Waals surface area contributed by atoms with Crippen molar-refractivity contribution in [2.45, 2.75) is 25.9 Å². The van der Waals surface area contributed by atoms with Crippen molar-refractivity contribution in [1.82, 2.24) is 15.0 Å². The summed E-state index contributed by atoms with van der Waals surface area (Å²) in [6, 6.07) is 7.37. The maximum Gasteiger partial charge on any atom is 0.229 e. The summed E-state index contributed by atoms with van der Waals surface area (Å²) in [5, 5.41) is 4.04. The molecule has 0 aliphatic carbocycles. The van der Waals surface area contributed by atoms with Crippen molar-refractivity contribution in [3.8, 4) is 21.8 Å². The monoisotopic (exact) mass is 496 g/mol. The molecule has 3 aromatic rings. The predicted octanol–water partition coefficient (Wildman–Crippen LogP) is 6.39. The summed E-state index contributed by atoms with van der Waals surface area (Å²) in [5.74, 6) is -0.105. The van der Waals surface area contributed by atoms with Gasteiger partial charge < -0.3 is 5.32 Å². The number of thioether (sulfide) groups is 1. The maximum absolute atomic E-state index is 12.4. The van der Waals surface area contributed by atoms with Crippen LogP contribution in [-0.4, -0.2) is 27.1 Å². The summed E-state index contributed by atoms with van der Waals surface area (Å²) in [6.45, 7) is 5.57. The van der Waals surface area contributed by atoms with Crippen LogP contribution in [0.1, 0.15) is 20.8 Å². The van der Waals surface area contributed by atoms with Crippen molar-refractivity contribution < 1.29 is 4.79 Å². The van der Waals surface area contributed by atoms with Gasteiger partial charge in [-0.15, -0.1) is 11.3 Å². The van der Waals surface area contributed by atoms with Crippen LogP contribution in [0.5, 0.6) is 0 Å². The van der Waals surface area contributed by atoms with Crippen molar-refractivity contribution in [3.63, 3.8) is 0 Å². The molecular weight excluding hydrogens is 480 g/mol. The highest BCUT2D eigenvalue weighted by Crippen LogP contribution is 2.42. The van der Waals surface area contributed by atoms with Crippen LogP contribution in [0.3, 0.4) is 0 Å². The topological polar surface area (TPSA) is 67.8 Å². The standard InChI is InChI=1S/C19H18BrClN4OS2/c1-19(2,3)16(26)23-11-7-5-6-10(13(11)21)14-15(28-17(20)25-14)12-8-9-22-18(24-12)27-4/h5-9H,1-4H3,(H,23,26). The molecule has 1 amide bonds. The maximum atomic E-state index is 12.4. The molecule has 0 atom stereocenters. The highest BCUT2D eigenvalue weighted by molar-refractivity contribution is 9.11. The molecule has 0 bridgehead atoms. The van der Waals surface area contributed by atoms with Gasteiger partial charge in [0.2, 0.25) is 5.91 Å². The van der Waals surface area contributed by atoms with Crippen molar-refractivity contribution in [2.24, 2.45) is 5.41 Å². The van der Waals surface area contributed by atoms with Gasteiger partial charge in [0.25, 0.3) is 0 Å². The van der Waals surface area contributed by atoms with Gasteiger partial charge in [0, 0.05) is 17.2 Å². The first-order chi connectivity index (χ1) is 13.2. The largest absolute Gasteiger partial charge is 0.324 e. The number of thiazole rings is 1. The number of anilines is 1. The molecule has 28 heavy (non-hydrogen) atoms. The fourth-order valence-electron chi connectivity index (χ4n) is 2.34. The molecule has 0 radical (unpaired) electrons. The minimum Gasteiger partial charge on any atom is -0.324 e.